The second-order valence-corrected chi connectivity index (χ2v) is 6.71. The molecule has 0 N–H and O–H groups in total. The van der Waals surface area contributed by atoms with Crippen molar-refractivity contribution in [1.29, 1.82) is 0 Å². The zero-order chi connectivity index (χ0) is 17.7. The van der Waals surface area contributed by atoms with E-state index in [4.69, 9.17) is 4.74 Å². The maximum Gasteiger partial charge on any atom is 0.254 e. The highest BCUT2D eigenvalue weighted by Gasteiger charge is 2.26. The lowest BCUT2D eigenvalue weighted by molar-refractivity contribution is -0.138. The normalized spacial score (nSPS) is 17.9. The van der Waals surface area contributed by atoms with Crippen molar-refractivity contribution in [1.82, 2.24) is 14.8 Å². The van der Waals surface area contributed by atoms with Crippen molar-refractivity contribution in [3.05, 3.63) is 29.6 Å². The third-order valence-corrected chi connectivity index (χ3v) is 4.17. The highest BCUT2D eigenvalue weighted by atomic mass is 16.5. The molecule has 1 atom stereocenters. The number of hydrogen-bond donors (Lipinski definition) is 0. The number of rotatable bonds is 5. The fourth-order valence-electron chi connectivity index (χ4n) is 2.81. The Morgan fingerprint density at radius 3 is 2.71 bits per heavy atom. The Morgan fingerprint density at radius 2 is 2.12 bits per heavy atom. The van der Waals surface area contributed by atoms with Gasteiger partial charge in [-0.05, 0) is 38.8 Å². The van der Waals surface area contributed by atoms with Crippen LogP contribution in [-0.4, -0.2) is 66.5 Å². The van der Waals surface area contributed by atoms with Gasteiger partial charge in [0.1, 0.15) is 6.61 Å². The van der Waals surface area contributed by atoms with E-state index in [9.17, 15) is 9.59 Å². The molecule has 1 aliphatic rings. The molecule has 6 nitrogen and oxygen atoms in total. The van der Waals surface area contributed by atoms with E-state index in [0.717, 1.165) is 25.1 Å². The Labute approximate surface area is 143 Å². The molecule has 0 radical (unpaired) electrons. The van der Waals surface area contributed by atoms with Crippen molar-refractivity contribution in [2.75, 3.05) is 33.8 Å². The molecule has 2 amide bonds. The molecule has 24 heavy (non-hydrogen) atoms. The Balaban J connectivity index is 1.99. The molecule has 1 aromatic heterocycles. The minimum absolute atomic E-state index is 0.0350. The molecular formula is C18H27N3O3. The van der Waals surface area contributed by atoms with E-state index in [1.54, 1.807) is 20.3 Å². The number of nitrogens with zero attached hydrogens (tertiary/aromatic N) is 3. The van der Waals surface area contributed by atoms with Crippen LogP contribution in [0.3, 0.4) is 0 Å². The van der Waals surface area contributed by atoms with Crippen molar-refractivity contribution < 1.29 is 14.3 Å². The molecule has 1 fully saturated rings. The van der Waals surface area contributed by atoms with Gasteiger partial charge < -0.3 is 14.5 Å². The van der Waals surface area contributed by atoms with Crippen LogP contribution in [0.4, 0.5) is 0 Å². The molecule has 1 saturated heterocycles. The lowest BCUT2D eigenvalue weighted by Crippen LogP contribution is -2.41. The topological polar surface area (TPSA) is 62.7 Å². The van der Waals surface area contributed by atoms with Crippen LogP contribution in [0.5, 0.6) is 0 Å². The summed E-state index contributed by atoms with van der Waals surface area (Å²) in [6.07, 6.45) is 3.64. The molecule has 2 heterocycles. The number of piperidine rings is 1. The highest BCUT2D eigenvalue weighted by Crippen LogP contribution is 2.25. The van der Waals surface area contributed by atoms with E-state index < -0.39 is 0 Å². The molecule has 0 spiro atoms. The highest BCUT2D eigenvalue weighted by molar-refractivity contribution is 5.93. The largest absolute Gasteiger partial charge is 0.369 e. The van der Waals surface area contributed by atoms with Gasteiger partial charge in [0.05, 0.1) is 11.7 Å². The van der Waals surface area contributed by atoms with Crippen LogP contribution < -0.4 is 0 Å². The first-order chi connectivity index (χ1) is 11.4. The predicted octanol–water partition coefficient (Wildman–Crippen LogP) is 1.91. The van der Waals surface area contributed by atoms with Crippen LogP contribution in [0, 0.1) is 0 Å². The van der Waals surface area contributed by atoms with Gasteiger partial charge in [0.15, 0.2) is 0 Å². The quantitative estimate of drug-likeness (QED) is 0.826. The summed E-state index contributed by atoms with van der Waals surface area (Å²) >= 11 is 0. The number of likely N-dealkylation sites (tertiary alicyclic amines) is 1. The molecule has 132 valence electrons. The van der Waals surface area contributed by atoms with Crippen molar-refractivity contribution in [3.63, 3.8) is 0 Å². The van der Waals surface area contributed by atoms with Crippen LogP contribution >= 0.6 is 0 Å². The fourth-order valence-corrected chi connectivity index (χ4v) is 2.81. The number of aromatic nitrogens is 1. The monoisotopic (exact) mass is 333 g/mol. The first-order valence-corrected chi connectivity index (χ1v) is 8.45. The first kappa shape index (κ1) is 18.4. The molecule has 0 saturated carbocycles. The van der Waals surface area contributed by atoms with E-state index >= 15 is 0 Å². The second-order valence-electron chi connectivity index (χ2n) is 6.71. The Morgan fingerprint density at radius 1 is 1.38 bits per heavy atom. The van der Waals surface area contributed by atoms with E-state index in [1.165, 1.54) is 4.90 Å². The lowest BCUT2D eigenvalue weighted by Gasteiger charge is -2.32. The summed E-state index contributed by atoms with van der Waals surface area (Å²) < 4.78 is 5.41. The zero-order valence-corrected chi connectivity index (χ0v) is 15.0. The lowest BCUT2D eigenvalue weighted by atomic mass is 9.94. The van der Waals surface area contributed by atoms with Crippen LogP contribution in [-0.2, 0) is 9.53 Å². The molecule has 2 rings (SSSR count). The molecule has 0 unspecified atom stereocenters. The summed E-state index contributed by atoms with van der Waals surface area (Å²) in [4.78, 5) is 32.0. The van der Waals surface area contributed by atoms with Crippen LogP contribution in [0.15, 0.2) is 18.3 Å². The third kappa shape index (κ3) is 4.77. The second kappa shape index (κ2) is 8.24. The SMILES string of the molecule is CC(C)OCC(=O)N1CCC[C@@H](c2ccc(C(=O)N(C)C)cn2)C1. The van der Waals surface area contributed by atoms with Gasteiger partial charge in [-0.3, -0.25) is 14.6 Å². The summed E-state index contributed by atoms with van der Waals surface area (Å²) in [6.45, 7) is 5.41. The smallest absolute Gasteiger partial charge is 0.254 e. The molecule has 0 aliphatic carbocycles. The van der Waals surface area contributed by atoms with E-state index in [0.29, 0.717) is 12.1 Å². The standard InChI is InChI=1S/C18H27N3O3/c1-13(2)24-12-17(22)21-9-5-6-15(11-21)16-8-7-14(10-19-16)18(23)20(3)4/h7-8,10,13,15H,5-6,9,11-12H2,1-4H3/t15-/m1/s1. The van der Waals surface area contributed by atoms with Gasteiger partial charge in [0, 0.05) is 45.0 Å². The summed E-state index contributed by atoms with van der Waals surface area (Å²) in [5.74, 6) is 0.193. The number of amides is 2. The van der Waals surface area contributed by atoms with Gasteiger partial charge in [-0.15, -0.1) is 0 Å². The van der Waals surface area contributed by atoms with Crippen molar-refractivity contribution in [2.45, 2.75) is 38.7 Å². The van der Waals surface area contributed by atoms with Crippen molar-refractivity contribution in [3.8, 4) is 0 Å². The van der Waals surface area contributed by atoms with Gasteiger partial charge in [-0.25, -0.2) is 0 Å². The first-order valence-electron chi connectivity index (χ1n) is 8.45. The summed E-state index contributed by atoms with van der Waals surface area (Å²) in [6, 6.07) is 3.72. The summed E-state index contributed by atoms with van der Waals surface area (Å²) in [5.41, 5.74) is 1.52. The van der Waals surface area contributed by atoms with Gasteiger partial charge in [0.2, 0.25) is 5.91 Å². The van der Waals surface area contributed by atoms with Crippen LogP contribution in [0.25, 0.3) is 0 Å². The summed E-state index contributed by atoms with van der Waals surface area (Å²) in [5, 5.41) is 0. The van der Waals surface area contributed by atoms with Crippen LogP contribution in [0.1, 0.15) is 48.7 Å². The minimum Gasteiger partial charge on any atom is -0.369 e. The Kier molecular flexibility index (Phi) is 6.31. The van der Waals surface area contributed by atoms with E-state index in [1.807, 2.05) is 30.9 Å². The number of hydrogen-bond acceptors (Lipinski definition) is 4. The molecule has 1 aromatic rings. The Hall–Kier alpha value is -1.95. The molecule has 1 aliphatic heterocycles. The number of carbonyl (C=O) groups is 2. The van der Waals surface area contributed by atoms with Crippen molar-refractivity contribution >= 4 is 11.8 Å². The predicted molar refractivity (Wildman–Crippen MR) is 91.9 cm³/mol. The zero-order valence-electron chi connectivity index (χ0n) is 15.0. The molecule has 0 aromatic carbocycles. The van der Waals surface area contributed by atoms with Crippen molar-refractivity contribution in [2.24, 2.45) is 0 Å². The van der Waals surface area contributed by atoms with E-state index in [2.05, 4.69) is 4.98 Å². The Bertz CT molecular complexity index is 569. The van der Waals surface area contributed by atoms with Gasteiger partial charge >= 0.3 is 0 Å². The number of ether oxygens (including phenoxy) is 1. The van der Waals surface area contributed by atoms with Gasteiger partial charge in [-0.2, -0.15) is 0 Å². The third-order valence-electron chi connectivity index (χ3n) is 4.17. The van der Waals surface area contributed by atoms with Gasteiger partial charge in [0.25, 0.3) is 5.91 Å². The van der Waals surface area contributed by atoms with Crippen LogP contribution in [0.2, 0.25) is 0 Å². The van der Waals surface area contributed by atoms with Gasteiger partial charge in [-0.1, -0.05) is 0 Å². The minimum atomic E-state index is -0.0552. The average molecular weight is 333 g/mol. The van der Waals surface area contributed by atoms with E-state index in [-0.39, 0.29) is 30.4 Å². The molecule has 0 bridgehead atoms. The number of pyridine rings is 1. The summed E-state index contributed by atoms with van der Waals surface area (Å²) in [7, 11) is 3.44. The molecule has 6 heteroatoms. The average Bonchev–Trinajstić information content (AvgIpc) is 2.59. The molecular weight excluding hydrogens is 306 g/mol. The number of carbonyl (C=O) groups excluding carboxylic acids is 2. The maximum absolute atomic E-state index is 12.2. The maximum atomic E-state index is 12.2. The fraction of sp³-hybridized carbons (Fsp3) is 0.611.